The van der Waals surface area contributed by atoms with E-state index < -0.39 is 11.6 Å². The van der Waals surface area contributed by atoms with E-state index in [9.17, 15) is 9.59 Å². The summed E-state index contributed by atoms with van der Waals surface area (Å²) in [7, 11) is 0. The second-order valence-corrected chi connectivity index (χ2v) is 6.90. The van der Waals surface area contributed by atoms with Gasteiger partial charge in [-0.15, -0.1) is 0 Å². The van der Waals surface area contributed by atoms with Crippen molar-refractivity contribution in [2.45, 2.75) is 71.3 Å². The molecule has 5 nitrogen and oxygen atoms in total. The number of rotatable bonds is 6. The average Bonchev–Trinajstić information content (AvgIpc) is 2.36. The Morgan fingerprint density at radius 1 is 1.14 bits per heavy atom. The number of carboxylic acid groups (broad SMARTS) is 1. The summed E-state index contributed by atoms with van der Waals surface area (Å²) in [6.07, 6.45) is 6.10. The van der Waals surface area contributed by atoms with Gasteiger partial charge in [-0.25, -0.2) is 4.79 Å². The van der Waals surface area contributed by atoms with Crippen LogP contribution in [0.15, 0.2) is 0 Å². The van der Waals surface area contributed by atoms with Gasteiger partial charge in [-0.2, -0.15) is 0 Å². The number of hydrogen-bond donors (Lipinski definition) is 1. The molecule has 1 heterocycles. The van der Waals surface area contributed by atoms with Gasteiger partial charge >= 0.3 is 12.1 Å². The number of unbranched alkanes of at least 4 members (excludes halogenated alkanes) is 2. The molecule has 1 amide bonds. The van der Waals surface area contributed by atoms with E-state index in [2.05, 4.69) is 0 Å². The maximum Gasteiger partial charge on any atom is 0.410 e. The molecule has 0 saturated carbocycles. The molecule has 0 aromatic heterocycles. The van der Waals surface area contributed by atoms with E-state index in [1.807, 2.05) is 20.8 Å². The van der Waals surface area contributed by atoms with Gasteiger partial charge in [0, 0.05) is 19.5 Å². The predicted molar refractivity (Wildman–Crippen MR) is 81.3 cm³/mol. The lowest BCUT2D eigenvalue weighted by Gasteiger charge is -2.33. The number of ether oxygens (including phenoxy) is 1. The van der Waals surface area contributed by atoms with Crippen molar-refractivity contribution in [1.82, 2.24) is 4.90 Å². The van der Waals surface area contributed by atoms with Crippen LogP contribution in [0.4, 0.5) is 4.79 Å². The number of carbonyl (C=O) groups excluding carboxylic acids is 1. The van der Waals surface area contributed by atoms with Crippen LogP contribution in [0, 0.1) is 5.92 Å². The summed E-state index contributed by atoms with van der Waals surface area (Å²) in [5.41, 5.74) is -0.432. The second-order valence-electron chi connectivity index (χ2n) is 6.90. The van der Waals surface area contributed by atoms with Gasteiger partial charge in [-0.05, 0) is 46.0 Å². The standard InChI is InChI=1S/C16H29NO4/c1-16(2,3)21-15(20)17-11-9-13(10-12-17)7-5-4-6-8-14(18)19/h13H,4-12H2,1-3H3,(H,18,19). The van der Waals surface area contributed by atoms with Crippen LogP contribution in [0.5, 0.6) is 0 Å². The van der Waals surface area contributed by atoms with Crippen LogP contribution in [0.2, 0.25) is 0 Å². The normalized spacial score (nSPS) is 16.8. The third-order valence-electron chi connectivity index (χ3n) is 3.77. The summed E-state index contributed by atoms with van der Waals surface area (Å²) in [5.74, 6) is -0.0471. The Morgan fingerprint density at radius 3 is 2.29 bits per heavy atom. The molecule has 1 aliphatic heterocycles. The molecule has 5 heteroatoms. The van der Waals surface area contributed by atoms with Crippen LogP contribution < -0.4 is 0 Å². The molecule has 0 aromatic rings. The maximum absolute atomic E-state index is 11.9. The van der Waals surface area contributed by atoms with Crippen molar-refractivity contribution in [1.29, 1.82) is 0 Å². The first-order valence-electron chi connectivity index (χ1n) is 7.97. The lowest BCUT2D eigenvalue weighted by molar-refractivity contribution is -0.137. The molecule has 1 rings (SSSR count). The van der Waals surface area contributed by atoms with Gasteiger partial charge in [0.05, 0.1) is 0 Å². The number of hydrogen-bond acceptors (Lipinski definition) is 3. The zero-order valence-corrected chi connectivity index (χ0v) is 13.6. The van der Waals surface area contributed by atoms with E-state index in [4.69, 9.17) is 9.84 Å². The number of carbonyl (C=O) groups is 2. The molecule has 21 heavy (non-hydrogen) atoms. The molecule has 1 N–H and O–H groups in total. The Hall–Kier alpha value is -1.26. The Morgan fingerprint density at radius 2 is 1.76 bits per heavy atom. The van der Waals surface area contributed by atoms with E-state index in [-0.39, 0.29) is 12.5 Å². The summed E-state index contributed by atoms with van der Waals surface area (Å²) in [4.78, 5) is 24.1. The van der Waals surface area contributed by atoms with Crippen LogP contribution in [0.25, 0.3) is 0 Å². The average molecular weight is 299 g/mol. The largest absolute Gasteiger partial charge is 0.481 e. The minimum atomic E-state index is -0.708. The first-order chi connectivity index (χ1) is 9.78. The quantitative estimate of drug-likeness (QED) is 0.760. The molecule has 0 aliphatic carbocycles. The Bertz CT molecular complexity index is 341. The van der Waals surface area contributed by atoms with Crippen LogP contribution in [0.3, 0.4) is 0 Å². The first-order valence-corrected chi connectivity index (χ1v) is 7.97. The number of amides is 1. The van der Waals surface area contributed by atoms with Gasteiger partial charge in [0.2, 0.25) is 0 Å². The molecule has 1 fully saturated rings. The SMILES string of the molecule is CC(C)(C)OC(=O)N1CCC(CCCCCC(=O)O)CC1. The van der Waals surface area contributed by atoms with Crippen molar-refractivity contribution in [2.75, 3.05) is 13.1 Å². The smallest absolute Gasteiger partial charge is 0.410 e. The van der Waals surface area contributed by atoms with Gasteiger partial charge in [-0.3, -0.25) is 4.79 Å². The zero-order chi connectivity index (χ0) is 15.9. The molecule has 0 bridgehead atoms. The molecule has 1 aliphatic rings. The molecular weight excluding hydrogens is 270 g/mol. The summed E-state index contributed by atoms with van der Waals surface area (Å²) in [5, 5.41) is 8.57. The van der Waals surface area contributed by atoms with Gasteiger partial charge in [0.15, 0.2) is 0 Å². The van der Waals surface area contributed by atoms with E-state index in [0.29, 0.717) is 5.92 Å². The fourth-order valence-electron chi connectivity index (χ4n) is 2.62. The van der Waals surface area contributed by atoms with Gasteiger partial charge in [-0.1, -0.05) is 19.3 Å². The van der Waals surface area contributed by atoms with Gasteiger partial charge in [0.1, 0.15) is 5.60 Å². The van der Waals surface area contributed by atoms with Crippen molar-refractivity contribution in [3.8, 4) is 0 Å². The van der Waals surface area contributed by atoms with Crippen molar-refractivity contribution < 1.29 is 19.4 Å². The first kappa shape index (κ1) is 17.8. The van der Waals surface area contributed by atoms with Crippen molar-refractivity contribution >= 4 is 12.1 Å². The molecule has 122 valence electrons. The summed E-state index contributed by atoms with van der Waals surface area (Å²) >= 11 is 0. The summed E-state index contributed by atoms with van der Waals surface area (Å²) in [6, 6.07) is 0. The third kappa shape index (κ3) is 7.93. The molecule has 0 atom stereocenters. The minimum absolute atomic E-state index is 0.206. The zero-order valence-electron chi connectivity index (χ0n) is 13.6. The topological polar surface area (TPSA) is 66.8 Å². The van der Waals surface area contributed by atoms with Gasteiger partial charge < -0.3 is 14.7 Å². The molecule has 0 spiro atoms. The molecule has 0 aromatic carbocycles. The van der Waals surface area contributed by atoms with Crippen molar-refractivity contribution in [3.63, 3.8) is 0 Å². The summed E-state index contributed by atoms with van der Waals surface area (Å²) < 4.78 is 5.38. The van der Waals surface area contributed by atoms with Crippen LogP contribution in [-0.2, 0) is 9.53 Å². The van der Waals surface area contributed by atoms with Crippen LogP contribution in [0.1, 0.15) is 65.7 Å². The monoisotopic (exact) mass is 299 g/mol. The van der Waals surface area contributed by atoms with Crippen LogP contribution in [-0.4, -0.2) is 40.8 Å². The van der Waals surface area contributed by atoms with Crippen molar-refractivity contribution in [2.24, 2.45) is 5.92 Å². The fraction of sp³-hybridized carbons (Fsp3) is 0.875. The maximum atomic E-state index is 11.9. The van der Waals surface area contributed by atoms with E-state index in [1.54, 1.807) is 4.90 Å². The highest BCUT2D eigenvalue weighted by atomic mass is 16.6. The predicted octanol–water partition coefficient (Wildman–Crippen LogP) is 3.67. The highest BCUT2D eigenvalue weighted by Gasteiger charge is 2.26. The highest BCUT2D eigenvalue weighted by molar-refractivity contribution is 5.68. The highest BCUT2D eigenvalue weighted by Crippen LogP contribution is 2.24. The Kier molecular flexibility index (Phi) is 6.99. The minimum Gasteiger partial charge on any atom is -0.481 e. The van der Waals surface area contributed by atoms with Gasteiger partial charge in [0.25, 0.3) is 0 Å². The molecule has 0 unspecified atom stereocenters. The molecule has 1 saturated heterocycles. The van der Waals surface area contributed by atoms with Crippen LogP contribution >= 0.6 is 0 Å². The molecule has 0 radical (unpaired) electrons. The fourth-order valence-corrected chi connectivity index (χ4v) is 2.62. The van der Waals surface area contributed by atoms with E-state index >= 15 is 0 Å². The third-order valence-corrected chi connectivity index (χ3v) is 3.77. The van der Waals surface area contributed by atoms with E-state index in [0.717, 1.165) is 51.6 Å². The Balaban J connectivity index is 2.14. The number of carboxylic acids is 1. The number of likely N-dealkylation sites (tertiary alicyclic amines) is 1. The number of piperidine rings is 1. The lowest BCUT2D eigenvalue weighted by Crippen LogP contribution is -2.41. The Labute approximate surface area is 127 Å². The number of aliphatic carboxylic acids is 1. The number of nitrogens with zero attached hydrogens (tertiary/aromatic N) is 1. The lowest BCUT2D eigenvalue weighted by atomic mass is 9.91. The molecular formula is C16H29NO4. The van der Waals surface area contributed by atoms with E-state index in [1.165, 1.54) is 0 Å². The van der Waals surface area contributed by atoms with Crippen molar-refractivity contribution in [3.05, 3.63) is 0 Å². The summed E-state index contributed by atoms with van der Waals surface area (Å²) in [6.45, 7) is 7.20. The second kappa shape index (κ2) is 8.25.